The standard InChI is InChI=1S/C17H16N4O6/c1-20-17(26)14(16(25)18-8-13(22)23)15(24)12-7-11(19-21(12)20)9-3-5-10(27-2)6-4-9/h3-7,24H,8H2,1-2H3,(H,18,25)(H,22,23). The van der Waals surface area contributed by atoms with Gasteiger partial charge in [0.2, 0.25) is 0 Å². The maximum absolute atomic E-state index is 12.4. The van der Waals surface area contributed by atoms with E-state index in [9.17, 15) is 19.5 Å². The Hall–Kier alpha value is -3.82. The summed E-state index contributed by atoms with van der Waals surface area (Å²) in [7, 11) is 2.93. The summed E-state index contributed by atoms with van der Waals surface area (Å²) in [5, 5.41) is 25.4. The summed E-state index contributed by atoms with van der Waals surface area (Å²) in [6.45, 7) is -0.678. The van der Waals surface area contributed by atoms with E-state index in [0.717, 1.165) is 4.68 Å². The minimum atomic E-state index is -1.27. The zero-order chi connectivity index (χ0) is 19.7. The van der Waals surface area contributed by atoms with Crippen LogP contribution in [0.5, 0.6) is 11.5 Å². The third-order valence-corrected chi connectivity index (χ3v) is 3.98. The summed E-state index contributed by atoms with van der Waals surface area (Å²) in [6, 6.07) is 8.52. The molecule has 2 heterocycles. The van der Waals surface area contributed by atoms with Crippen LogP contribution >= 0.6 is 0 Å². The number of ether oxygens (including phenoxy) is 1. The number of carbonyl (C=O) groups excluding carboxylic acids is 1. The summed E-state index contributed by atoms with van der Waals surface area (Å²) in [6.07, 6.45) is 0. The van der Waals surface area contributed by atoms with Crippen LogP contribution in [0, 0.1) is 0 Å². The van der Waals surface area contributed by atoms with Gasteiger partial charge >= 0.3 is 5.97 Å². The number of aryl methyl sites for hydroxylation is 1. The van der Waals surface area contributed by atoms with E-state index in [2.05, 4.69) is 10.4 Å². The van der Waals surface area contributed by atoms with E-state index in [1.807, 2.05) is 0 Å². The van der Waals surface area contributed by atoms with Crippen LogP contribution in [0.25, 0.3) is 16.8 Å². The quantitative estimate of drug-likeness (QED) is 0.583. The van der Waals surface area contributed by atoms with E-state index < -0.39 is 35.3 Å². The maximum atomic E-state index is 12.4. The lowest BCUT2D eigenvalue weighted by molar-refractivity contribution is -0.135. The number of nitrogens with zero attached hydrogens (tertiary/aromatic N) is 3. The van der Waals surface area contributed by atoms with Crippen molar-refractivity contribution in [2.45, 2.75) is 0 Å². The lowest BCUT2D eigenvalue weighted by atomic mass is 10.1. The molecule has 0 aliphatic carbocycles. The number of hydrogen-bond donors (Lipinski definition) is 3. The fourth-order valence-corrected chi connectivity index (χ4v) is 2.59. The van der Waals surface area contributed by atoms with Crippen LogP contribution in [0.4, 0.5) is 0 Å². The first-order chi connectivity index (χ1) is 12.8. The van der Waals surface area contributed by atoms with Gasteiger partial charge in [0.15, 0.2) is 11.3 Å². The number of aromatic nitrogens is 3. The van der Waals surface area contributed by atoms with Crippen LogP contribution in [0.2, 0.25) is 0 Å². The summed E-state index contributed by atoms with van der Waals surface area (Å²) in [5.41, 5.74) is -0.0580. The highest BCUT2D eigenvalue weighted by molar-refractivity contribution is 5.99. The molecule has 140 valence electrons. The number of aliphatic carboxylic acids is 1. The maximum Gasteiger partial charge on any atom is 0.322 e. The van der Waals surface area contributed by atoms with Crippen molar-refractivity contribution < 1.29 is 24.5 Å². The van der Waals surface area contributed by atoms with E-state index in [-0.39, 0.29) is 5.52 Å². The average molecular weight is 372 g/mol. The number of carboxylic acids is 1. The van der Waals surface area contributed by atoms with E-state index >= 15 is 0 Å². The van der Waals surface area contributed by atoms with Crippen LogP contribution in [0.1, 0.15) is 10.4 Å². The van der Waals surface area contributed by atoms with Gasteiger partial charge in [-0.3, -0.25) is 14.4 Å². The molecule has 0 fully saturated rings. The van der Waals surface area contributed by atoms with Gasteiger partial charge < -0.3 is 20.3 Å². The zero-order valence-corrected chi connectivity index (χ0v) is 14.5. The first-order valence-corrected chi connectivity index (χ1v) is 7.80. The molecule has 2 aromatic heterocycles. The molecule has 1 aromatic carbocycles. The molecule has 3 rings (SSSR count). The highest BCUT2D eigenvalue weighted by atomic mass is 16.5. The summed E-state index contributed by atoms with van der Waals surface area (Å²) in [4.78, 5) is 35.2. The molecule has 0 atom stereocenters. The Labute approximate surface area is 152 Å². The molecule has 0 aliphatic rings. The van der Waals surface area contributed by atoms with Crippen LogP contribution in [0.15, 0.2) is 35.1 Å². The van der Waals surface area contributed by atoms with Crippen molar-refractivity contribution in [2.24, 2.45) is 7.05 Å². The van der Waals surface area contributed by atoms with Crippen molar-refractivity contribution in [1.29, 1.82) is 0 Å². The number of amides is 1. The number of methoxy groups -OCH3 is 1. The highest BCUT2D eigenvalue weighted by Gasteiger charge is 2.23. The molecular formula is C17H16N4O6. The molecule has 0 radical (unpaired) electrons. The molecule has 0 bridgehead atoms. The minimum Gasteiger partial charge on any atom is -0.505 e. The monoisotopic (exact) mass is 372 g/mol. The molecule has 3 aromatic rings. The Balaban J connectivity index is 2.12. The van der Waals surface area contributed by atoms with E-state index in [4.69, 9.17) is 9.84 Å². The lowest BCUT2D eigenvalue weighted by Crippen LogP contribution is -2.36. The number of rotatable bonds is 5. The Kier molecular flexibility index (Phi) is 4.55. The zero-order valence-electron chi connectivity index (χ0n) is 14.5. The molecular weight excluding hydrogens is 356 g/mol. The molecule has 1 amide bonds. The largest absolute Gasteiger partial charge is 0.505 e. The van der Waals surface area contributed by atoms with Crippen LogP contribution in [-0.4, -0.2) is 50.2 Å². The fourth-order valence-electron chi connectivity index (χ4n) is 2.59. The highest BCUT2D eigenvalue weighted by Crippen LogP contribution is 2.27. The van der Waals surface area contributed by atoms with Crippen molar-refractivity contribution in [1.82, 2.24) is 19.7 Å². The van der Waals surface area contributed by atoms with Gasteiger partial charge in [0, 0.05) is 12.6 Å². The molecule has 10 heteroatoms. The predicted octanol–water partition coefficient (Wildman–Crippen LogP) is 0.229. The van der Waals surface area contributed by atoms with Gasteiger partial charge in [0.1, 0.15) is 17.8 Å². The molecule has 0 unspecified atom stereocenters. The third-order valence-electron chi connectivity index (χ3n) is 3.98. The van der Waals surface area contributed by atoms with Gasteiger partial charge in [0.05, 0.1) is 12.8 Å². The Morgan fingerprint density at radius 1 is 1.26 bits per heavy atom. The second-order valence-corrected chi connectivity index (χ2v) is 5.66. The van der Waals surface area contributed by atoms with Gasteiger partial charge in [-0.25, -0.2) is 4.68 Å². The second kappa shape index (κ2) is 6.83. The van der Waals surface area contributed by atoms with E-state index in [0.29, 0.717) is 17.0 Å². The Bertz CT molecular complexity index is 1100. The van der Waals surface area contributed by atoms with Crippen LogP contribution in [0.3, 0.4) is 0 Å². The first-order valence-electron chi connectivity index (χ1n) is 7.80. The fraction of sp³-hybridized carbons (Fsp3) is 0.176. The van der Waals surface area contributed by atoms with Crippen molar-refractivity contribution in [3.63, 3.8) is 0 Å². The number of aromatic hydroxyl groups is 1. The van der Waals surface area contributed by atoms with E-state index in [1.165, 1.54) is 17.7 Å². The molecule has 0 aliphatic heterocycles. The normalized spacial score (nSPS) is 10.7. The Morgan fingerprint density at radius 2 is 1.93 bits per heavy atom. The molecule has 0 spiro atoms. The second-order valence-electron chi connectivity index (χ2n) is 5.66. The number of carbonyl (C=O) groups is 2. The molecule has 27 heavy (non-hydrogen) atoms. The topological polar surface area (TPSA) is 135 Å². The van der Waals surface area contributed by atoms with Crippen molar-refractivity contribution in [3.05, 3.63) is 46.2 Å². The number of fused-ring (bicyclic) bond motifs is 1. The molecule has 0 saturated heterocycles. The Morgan fingerprint density at radius 3 is 2.52 bits per heavy atom. The summed E-state index contributed by atoms with van der Waals surface area (Å²) in [5.74, 6) is -2.17. The van der Waals surface area contributed by atoms with Gasteiger partial charge in [-0.2, -0.15) is 9.73 Å². The van der Waals surface area contributed by atoms with Crippen LogP contribution < -0.4 is 15.6 Å². The van der Waals surface area contributed by atoms with Crippen LogP contribution in [-0.2, 0) is 11.8 Å². The lowest BCUT2D eigenvalue weighted by Gasteiger charge is -2.09. The number of nitrogens with one attached hydrogen (secondary N) is 1. The number of carboxylic acid groups (broad SMARTS) is 1. The van der Waals surface area contributed by atoms with Gasteiger partial charge in [-0.05, 0) is 30.3 Å². The minimum absolute atomic E-state index is 0.128. The van der Waals surface area contributed by atoms with Gasteiger partial charge in [-0.15, -0.1) is 0 Å². The molecule has 3 N–H and O–H groups in total. The average Bonchev–Trinajstić information content (AvgIpc) is 3.10. The number of benzene rings is 1. The smallest absolute Gasteiger partial charge is 0.322 e. The summed E-state index contributed by atoms with van der Waals surface area (Å²) >= 11 is 0. The molecule has 10 nitrogen and oxygen atoms in total. The SMILES string of the molecule is COc1ccc(-c2cc3c(O)c(C(=O)NCC(=O)O)c(=O)n(C)n3n2)cc1. The van der Waals surface area contributed by atoms with E-state index in [1.54, 1.807) is 31.4 Å². The van der Waals surface area contributed by atoms with Gasteiger partial charge in [0.25, 0.3) is 11.5 Å². The predicted molar refractivity (Wildman–Crippen MR) is 94.1 cm³/mol. The first kappa shape index (κ1) is 18.0. The van der Waals surface area contributed by atoms with Crippen molar-refractivity contribution in [2.75, 3.05) is 13.7 Å². The van der Waals surface area contributed by atoms with Gasteiger partial charge in [-0.1, -0.05) is 0 Å². The number of hydrogen-bond acceptors (Lipinski definition) is 6. The third kappa shape index (κ3) is 3.19. The van der Waals surface area contributed by atoms with Crippen molar-refractivity contribution >= 4 is 17.4 Å². The van der Waals surface area contributed by atoms with Crippen molar-refractivity contribution in [3.8, 4) is 22.8 Å². The molecule has 0 saturated carbocycles. The summed E-state index contributed by atoms with van der Waals surface area (Å²) < 4.78 is 7.33.